The number of imidazole rings is 1. The molecular formula is C16H27LiN6O10P2. The Labute approximate surface area is 212 Å². The second-order valence-electron chi connectivity index (χ2n) is 7.56. The Balaban J connectivity index is 0.00000432. The molecule has 3 rings (SSSR count). The van der Waals surface area contributed by atoms with Crippen molar-refractivity contribution in [1.82, 2.24) is 19.5 Å². The summed E-state index contributed by atoms with van der Waals surface area (Å²) in [5.41, 5.74) is 6.02. The van der Waals surface area contributed by atoms with Gasteiger partial charge in [0.25, 0.3) is 7.82 Å². The summed E-state index contributed by atoms with van der Waals surface area (Å²) < 4.78 is 38.2. The van der Waals surface area contributed by atoms with E-state index in [-0.39, 0.29) is 24.5 Å². The van der Waals surface area contributed by atoms with Gasteiger partial charge in [-0.3, -0.25) is 13.7 Å². The molecule has 19 heteroatoms. The number of anilines is 1. The van der Waals surface area contributed by atoms with Crippen molar-refractivity contribution in [1.29, 1.82) is 0 Å². The van der Waals surface area contributed by atoms with E-state index in [2.05, 4.69) is 24.8 Å². The van der Waals surface area contributed by atoms with Gasteiger partial charge in [-0.15, -0.1) is 0 Å². The Bertz CT molecular complexity index is 1050. The van der Waals surface area contributed by atoms with Gasteiger partial charge in [-0.05, 0) is 19.4 Å². The van der Waals surface area contributed by atoms with Crippen LogP contribution in [0.15, 0.2) is 12.7 Å². The van der Waals surface area contributed by atoms with E-state index in [1.165, 1.54) is 17.2 Å². The van der Waals surface area contributed by atoms with Crippen LogP contribution in [-0.4, -0.2) is 77.3 Å². The first-order valence-electron chi connectivity index (χ1n) is 10.4. The Kier molecular flexibility index (Phi) is 11.3. The van der Waals surface area contributed by atoms with E-state index in [1.54, 1.807) is 0 Å². The first-order valence-corrected chi connectivity index (χ1v) is 13.4. The maximum absolute atomic E-state index is 11.5. The number of nitrogens with one attached hydrogen (secondary N) is 1. The van der Waals surface area contributed by atoms with E-state index in [0.29, 0.717) is 24.4 Å². The van der Waals surface area contributed by atoms with Crippen molar-refractivity contribution in [3.05, 3.63) is 12.7 Å². The quantitative estimate of drug-likeness (QED) is 0.0817. The van der Waals surface area contributed by atoms with Gasteiger partial charge in [0.1, 0.15) is 24.6 Å². The van der Waals surface area contributed by atoms with Gasteiger partial charge < -0.3 is 45.0 Å². The van der Waals surface area contributed by atoms with E-state index < -0.39 is 46.8 Å². The largest absolute Gasteiger partial charge is 1.00 e. The molecule has 192 valence electrons. The third-order valence-electron chi connectivity index (χ3n) is 5.03. The fourth-order valence-electron chi connectivity index (χ4n) is 3.52. The second-order valence-corrected chi connectivity index (χ2v) is 9.94. The van der Waals surface area contributed by atoms with Crippen LogP contribution in [0.5, 0.6) is 0 Å². The van der Waals surface area contributed by atoms with Crippen molar-refractivity contribution >= 4 is 32.6 Å². The molecule has 5 atom stereocenters. The molecule has 1 aliphatic heterocycles. The average molecular weight is 532 g/mol. The molecule has 0 spiro atoms. The van der Waals surface area contributed by atoms with Crippen LogP contribution >= 0.6 is 15.6 Å². The predicted molar refractivity (Wildman–Crippen MR) is 114 cm³/mol. The summed E-state index contributed by atoms with van der Waals surface area (Å²) in [5.74, 6) is 0.418. The van der Waals surface area contributed by atoms with E-state index in [9.17, 15) is 28.9 Å². The minimum Gasteiger partial charge on any atom is -0.756 e. The summed E-state index contributed by atoms with van der Waals surface area (Å²) in [4.78, 5) is 50.8. The number of phosphoric acid groups is 2. The van der Waals surface area contributed by atoms with Crippen LogP contribution in [0, 0.1) is 0 Å². The van der Waals surface area contributed by atoms with Crippen molar-refractivity contribution in [3.63, 3.8) is 0 Å². The molecule has 16 nitrogen and oxygen atoms in total. The third kappa shape index (κ3) is 8.55. The number of nitrogens with two attached hydrogens (primary N) is 1. The molecule has 3 heterocycles. The average Bonchev–Trinajstić information content (AvgIpc) is 3.29. The fraction of sp³-hybridized carbons (Fsp3) is 0.688. The molecule has 0 saturated carbocycles. The molecule has 0 amide bonds. The van der Waals surface area contributed by atoms with E-state index in [0.717, 1.165) is 25.7 Å². The molecule has 7 N–H and O–H groups in total. The van der Waals surface area contributed by atoms with Gasteiger partial charge in [-0.1, -0.05) is 12.8 Å². The Hall–Kier alpha value is -0.953. The zero-order chi connectivity index (χ0) is 24.9. The number of nitrogens with zero attached hydrogens (tertiary/aromatic N) is 4. The number of aliphatic hydroxyl groups excluding tert-OH is 1. The molecule has 0 aromatic carbocycles. The van der Waals surface area contributed by atoms with Crippen LogP contribution in [-0.2, 0) is 22.9 Å². The zero-order valence-corrected chi connectivity index (χ0v) is 20.7. The van der Waals surface area contributed by atoms with Crippen molar-refractivity contribution in [2.75, 3.05) is 25.0 Å². The van der Waals surface area contributed by atoms with Gasteiger partial charge in [0, 0.05) is 6.54 Å². The Morgan fingerprint density at radius 1 is 1.17 bits per heavy atom. The van der Waals surface area contributed by atoms with Crippen molar-refractivity contribution in [3.8, 4) is 0 Å². The molecule has 1 aliphatic rings. The van der Waals surface area contributed by atoms with Gasteiger partial charge in [-0.25, -0.2) is 19.5 Å². The van der Waals surface area contributed by atoms with Crippen LogP contribution in [0.4, 0.5) is 5.82 Å². The van der Waals surface area contributed by atoms with Crippen molar-refractivity contribution in [2.45, 2.75) is 50.2 Å². The summed E-state index contributed by atoms with van der Waals surface area (Å²) in [6, 6.07) is 0. The molecule has 35 heavy (non-hydrogen) atoms. The number of fused-ring (bicyclic) bond motifs is 1. The van der Waals surface area contributed by atoms with E-state index in [4.69, 9.17) is 19.9 Å². The van der Waals surface area contributed by atoms with Gasteiger partial charge >= 0.3 is 26.7 Å². The van der Waals surface area contributed by atoms with Gasteiger partial charge in [-0.2, -0.15) is 0 Å². The summed E-state index contributed by atoms with van der Waals surface area (Å²) in [6.45, 7) is 0.432. The maximum atomic E-state index is 11.5. The third-order valence-corrected chi connectivity index (χ3v) is 6.02. The number of unbranched alkanes of at least 4 members (excludes halogenated alkanes) is 3. The first kappa shape index (κ1) is 30.3. The number of hydrogen-bond donors (Lipinski definition) is 6. The number of phosphoric ester groups is 2. The molecule has 2 aromatic heterocycles. The molecule has 1 saturated heterocycles. The smallest absolute Gasteiger partial charge is 0.756 e. The second kappa shape index (κ2) is 13.0. The summed E-state index contributed by atoms with van der Waals surface area (Å²) in [5, 5.41) is 13.6. The summed E-state index contributed by atoms with van der Waals surface area (Å²) >= 11 is 0. The van der Waals surface area contributed by atoms with Crippen LogP contribution in [0.3, 0.4) is 0 Å². The molecule has 0 radical (unpaired) electrons. The number of ether oxygens (including phenoxy) is 1. The molecule has 0 bridgehead atoms. The molecule has 0 aliphatic carbocycles. The minimum absolute atomic E-state index is 0. The standard InChI is InChI=1S/C16H28N6O10P2.Li/c17-5-3-1-2-4-6-18-14-11-15(20-8-19-14)22(9-21-11)16-13(32-34(27,28)29)12(23)10(31-16)7-30-33(24,25)26;/h8-10,12-13,16,23H,1-7,17H2,(H,18,19,20)(H2,24,25,26)(H2,27,28,29);/q;+1/p-1/t10-,12-,13-,16-;/m1./s1. The first-order chi connectivity index (χ1) is 16.0. The van der Waals surface area contributed by atoms with Gasteiger partial charge in [0.2, 0.25) is 0 Å². The van der Waals surface area contributed by atoms with Crippen LogP contribution in [0.25, 0.3) is 11.2 Å². The number of aliphatic hydroxyl groups is 1. The normalized spacial score (nSPS) is 24.3. The molecule has 2 aromatic rings. The Morgan fingerprint density at radius 2 is 1.89 bits per heavy atom. The van der Waals surface area contributed by atoms with Crippen molar-refractivity contribution in [2.24, 2.45) is 5.73 Å². The van der Waals surface area contributed by atoms with Gasteiger partial charge in [0.15, 0.2) is 23.2 Å². The monoisotopic (exact) mass is 532 g/mol. The number of rotatable bonds is 13. The maximum Gasteiger partial charge on any atom is 1.00 e. The zero-order valence-electron chi connectivity index (χ0n) is 18.9. The van der Waals surface area contributed by atoms with Crippen molar-refractivity contribution < 1.29 is 66.5 Å². The van der Waals surface area contributed by atoms with Gasteiger partial charge in [0.05, 0.1) is 12.9 Å². The summed E-state index contributed by atoms with van der Waals surface area (Å²) in [7, 11) is -10.2. The molecular weight excluding hydrogens is 505 g/mol. The van der Waals surface area contributed by atoms with E-state index in [1.807, 2.05) is 0 Å². The molecule has 1 fully saturated rings. The van der Waals surface area contributed by atoms with Crippen LogP contribution in [0.2, 0.25) is 0 Å². The fourth-order valence-corrected chi connectivity index (χ4v) is 4.40. The minimum atomic E-state index is -5.14. The molecule has 1 unspecified atom stereocenters. The number of hydrogen-bond acceptors (Lipinski definition) is 12. The van der Waals surface area contributed by atoms with E-state index >= 15 is 0 Å². The Morgan fingerprint density at radius 3 is 2.54 bits per heavy atom. The SMILES string of the molecule is NCCCCCCNc1ncnc2c1ncn2[C@@H]1O[C@H](COP(=O)([O-])O)[C@@H](O)[C@H]1OP(=O)(O)O.[Li+]. The predicted octanol–water partition coefficient (Wildman–Crippen LogP) is -4.03. The number of aromatic nitrogens is 4. The topological polar surface area (TPSA) is 247 Å². The summed E-state index contributed by atoms with van der Waals surface area (Å²) in [6.07, 6.45) is 0.162. The van der Waals surface area contributed by atoms with Crippen LogP contribution < -0.4 is 34.8 Å². The van der Waals surface area contributed by atoms with Crippen LogP contribution in [0.1, 0.15) is 31.9 Å².